The van der Waals surface area contributed by atoms with Crippen molar-refractivity contribution in [2.45, 2.75) is 31.6 Å². The zero-order valence-electron chi connectivity index (χ0n) is 16.6. The van der Waals surface area contributed by atoms with Gasteiger partial charge >= 0.3 is 0 Å². The normalized spacial score (nSPS) is 11.2. The number of carbonyl (C=O) groups is 1. The van der Waals surface area contributed by atoms with E-state index in [0.29, 0.717) is 25.4 Å². The van der Waals surface area contributed by atoms with Crippen LogP contribution in [-0.2, 0) is 26.0 Å². The smallest absolute Gasteiger partial charge is 0.264 e. The molecular weight excluding hydrogens is 376 g/mol. The summed E-state index contributed by atoms with van der Waals surface area (Å²) in [6.45, 7) is 5.73. The van der Waals surface area contributed by atoms with Gasteiger partial charge in [0, 0.05) is 26.8 Å². The van der Waals surface area contributed by atoms with E-state index in [2.05, 4.69) is 5.32 Å². The Kier molecular flexibility index (Phi) is 8.02. The third kappa shape index (κ3) is 6.07. The van der Waals surface area contributed by atoms with E-state index in [1.54, 1.807) is 48.5 Å². The van der Waals surface area contributed by atoms with Gasteiger partial charge in [-0.15, -0.1) is 0 Å². The van der Waals surface area contributed by atoms with Gasteiger partial charge in [0.2, 0.25) is 5.91 Å². The molecule has 0 heterocycles. The van der Waals surface area contributed by atoms with Crippen LogP contribution < -0.4 is 9.62 Å². The highest BCUT2D eigenvalue weighted by molar-refractivity contribution is 7.92. The summed E-state index contributed by atoms with van der Waals surface area (Å²) in [5.74, 6) is -0.0649. The Morgan fingerprint density at radius 3 is 2.32 bits per heavy atom. The second-order valence-corrected chi connectivity index (χ2v) is 8.50. The van der Waals surface area contributed by atoms with E-state index < -0.39 is 10.0 Å². The molecule has 152 valence electrons. The van der Waals surface area contributed by atoms with Gasteiger partial charge in [0.25, 0.3) is 10.0 Å². The van der Waals surface area contributed by atoms with Crippen molar-refractivity contribution in [1.82, 2.24) is 5.32 Å². The largest absolute Gasteiger partial charge is 0.382 e. The number of carbonyl (C=O) groups excluding carboxylic acids is 1. The molecular formula is C21H28N2O4S. The first kappa shape index (κ1) is 21.9. The quantitative estimate of drug-likeness (QED) is 0.618. The summed E-state index contributed by atoms with van der Waals surface area (Å²) in [6.07, 6.45) is 1.03. The lowest BCUT2D eigenvalue weighted by molar-refractivity contribution is -0.120. The van der Waals surface area contributed by atoms with Crippen molar-refractivity contribution in [2.75, 3.05) is 31.1 Å². The maximum absolute atomic E-state index is 12.8. The van der Waals surface area contributed by atoms with Crippen LogP contribution in [0.25, 0.3) is 0 Å². The fourth-order valence-corrected chi connectivity index (χ4v) is 3.82. The van der Waals surface area contributed by atoms with Crippen molar-refractivity contribution >= 4 is 21.6 Å². The summed E-state index contributed by atoms with van der Waals surface area (Å²) in [5, 5.41) is 2.85. The summed E-state index contributed by atoms with van der Waals surface area (Å²) in [7, 11) is -2.10. The first-order valence-corrected chi connectivity index (χ1v) is 10.8. The molecule has 1 N–H and O–H groups in total. The molecule has 1 amide bonds. The van der Waals surface area contributed by atoms with Crippen molar-refractivity contribution < 1.29 is 17.9 Å². The van der Waals surface area contributed by atoms with Gasteiger partial charge in [-0.3, -0.25) is 9.10 Å². The number of ether oxygens (including phenoxy) is 1. The second-order valence-electron chi connectivity index (χ2n) is 6.53. The molecule has 28 heavy (non-hydrogen) atoms. The van der Waals surface area contributed by atoms with Gasteiger partial charge in [-0.2, -0.15) is 0 Å². The number of anilines is 1. The van der Waals surface area contributed by atoms with E-state index in [9.17, 15) is 13.2 Å². The van der Waals surface area contributed by atoms with Crippen molar-refractivity contribution in [2.24, 2.45) is 0 Å². The summed E-state index contributed by atoms with van der Waals surface area (Å²) in [6, 6.07) is 13.7. The predicted molar refractivity (Wildman–Crippen MR) is 111 cm³/mol. The highest BCUT2D eigenvalue weighted by Crippen LogP contribution is 2.22. The van der Waals surface area contributed by atoms with E-state index in [1.807, 2.05) is 13.8 Å². The fraction of sp³-hybridized carbons (Fsp3) is 0.381. The minimum atomic E-state index is -3.62. The SMILES string of the molecule is CCOCCCNC(=O)Cc1ccc(N(C)S(=O)(=O)c2ccc(C)cc2)cc1. The molecule has 2 rings (SSSR count). The zero-order valence-corrected chi connectivity index (χ0v) is 17.5. The number of sulfonamides is 1. The summed E-state index contributed by atoms with van der Waals surface area (Å²) in [4.78, 5) is 12.2. The predicted octanol–water partition coefficient (Wildman–Crippen LogP) is 2.91. The van der Waals surface area contributed by atoms with Crippen molar-refractivity contribution in [3.8, 4) is 0 Å². The average Bonchev–Trinajstić information content (AvgIpc) is 2.68. The van der Waals surface area contributed by atoms with Gasteiger partial charge < -0.3 is 10.1 Å². The maximum Gasteiger partial charge on any atom is 0.264 e. The van der Waals surface area contributed by atoms with Crippen molar-refractivity contribution in [1.29, 1.82) is 0 Å². The molecule has 0 atom stereocenters. The lowest BCUT2D eigenvalue weighted by Crippen LogP contribution is -2.27. The summed E-state index contributed by atoms with van der Waals surface area (Å²) in [5.41, 5.74) is 2.37. The third-order valence-corrected chi connectivity index (χ3v) is 6.14. The minimum Gasteiger partial charge on any atom is -0.382 e. The zero-order chi connectivity index (χ0) is 20.6. The first-order chi connectivity index (χ1) is 13.3. The van der Waals surface area contributed by atoms with Gasteiger partial charge in [0.15, 0.2) is 0 Å². The van der Waals surface area contributed by atoms with Crippen LogP contribution in [0.1, 0.15) is 24.5 Å². The number of benzene rings is 2. The van der Waals surface area contributed by atoms with Crippen LogP contribution in [0.15, 0.2) is 53.4 Å². The molecule has 0 aliphatic carbocycles. The van der Waals surface area contributed by atoms with Crippen LogP contribution in [0.5, 0.6) is 0 Å². The monoisotopic (exact) mass is 404 g/mol. The molecule has 0 aromatic heterocycles. The van der Waals surface area contributed by atoms with Crippen LogP contribution in [0, 0.1) is 6.92 Å². The second kappa shape index (κ2) is 10.2. The highest BCUT2D eigenvalue weighted by Gasteiger charge is 2.21. The Labute approximate surface area is 167 Å². The number of nitrogens with one attached hydrogen (secondary N) is 1. The molecule has 0 radical (unpaired) electrons. The van der Waals surface area contributed by atoms with Crippen molar-refractivity contribution in [3.63, 3.8) is 0 Å². The Morgan fingerprint density at radius 1 is 1.07 bits per heavy atom. The van der Waals surface area contributed by atoms with Gasteiger partial charge in [0.05, 0.1) is 17.0 Å². The van der Waals surface area contributed by atoms with Crippen LogP contribution >= 0.6 is 0 Å². The van der Waals surface area contributed by atoms with Gasteiger partial charge in [-0.25, -0.2) is 8.42 Å². The lowest BCUT2D eigenvalue weighted by atomic mass is 10.1. The van der Waals surface area contributed by atoms with E-state index >= 15 is 0 Å². The summed E-state index contributed by atoms with van der Waals surface area (Å²) < 4.78 is 32.0. The fourth-order valence-electron chi connectivity index (χ4n) is 2.63. The Hall–Kier alpha value is -2.38. The Balaban J connectivity index is 1.96. The molecule has 0 bridgehead atoms. The van der Waals surface area contributed by atoms with Gasteiger partial charge in [-0.1, -0.05) is 29.8 Å². The molecule has 0 spiro atoms. The van der Waals surface area contributed by atoms with Crippen molar-refractivity contribution in [3.05, 3.63) is 59.7 Å². The third-order valence-electron chi connectivity index (χ3n) is 4.34. The molecule has 0 saturated carbocycles. The topological polar surface area (TPSA) is 75.7 Å². The van der Waals surface area contributed by atoms with Crippen LogP contribution in [0.3, 0.4) is 0 Å². The molecule has 0 unspecified atom stereocenters. The molecule has 0 aliphatic heterocycles. The number of aryl methyl sites for hydroxylation is 1. The van der Waals surface area contributed by atoms with E-state index in [1.165, 1.54) is 11.4 Å². The number of hydrogen-bond donors (Lipinski definition) is 1. The molecule has 6 nitrogen and oxygen atoms in total. The molecule has 0 fully saturated rings. The van der Waals surface area contributed by atoms with E-state index in [-0.39, 0.29) is 17.2 Å². The standard InChI is InChI=1S/C21H28N2O4S/c1-4-27-15-5-14-22-21(24)16-18-8-10-19(11-9-18)23(3)28(25,26)20-12-6-17(2)7-13-20/h6-13H,4-5,14-16H2,1-3H3,(H,22,24). The Morgan fingerprint density at radius 2 is 1.71 bits per heavy atom. The van der Waals surface area contributed by atoms with E-state index in [0.717, 1.165) is 17.5 Å². The van der Waals surface area contributed by atoms with Crippen LogP contribution in [-0.4, -0.2) is 41.1 Å². The molecule has 0 aliphatic rings. The number of nitrogens with zero attached hydrogens (tertiary/aromatic N) is 1. The maximum atomic E-state index is 12.8. The number of amides is 1. The average molecular weight is 405 g/mol. The van der Waals surface area contributed by atoms with Gasteiger partial charge in [0.1, 0.15) is 0 Å². The number of hydrogen-bond acceptors (Lipinski definition) is 4. The van der Waals surface area contributed by atoms with E-state index in [4.69, 9.17) is 4.74 Å². The molecule has 2 aromatic rings. The first-order valence-electron chi connectivity index (χ1n) is 9.33. The highest BCUT2D eigenvalue weighted by atomic mass is 32.2. The van der Waals surface area contributed by atoms with Crippen LogP contribution in [0.4, 0.5) is 5.69 Å². The summed E-state index contributed by atoms with van der Waals surface area (Å²) >= 11 is 0. The lowest BCUT2D eigenvalue weighted by Gasteiger charge is -2.20. The minimum absolute atomic E-state index is 0.0649. The Bertz CT molecular complexity index is 862. The molecule has 2 aromatic carbocycles. The molecule has 0 saturated heterocycles. The number of rotatable bonds is 10. The molecule has 7 heteroatoms. The van der Waals surface area contributed by atoms with Crippen LogP contribution in [0.2, 0.25) is 0 Å². The van der Waals surface area contributed by atoms with Gasteiger partial charge in [-0.05, 0) is 50.1 Å².